The Labute approximate surface area is 191 Å². The summed E-state index contributed by atoms with van der Waals surface area (Å²) < 4.78 is 51.7. The molecule has 1 aliphatic heterocycles. The predicted molar refractivity (Wildman–Crippen MR) is 123 cm³/mol. The van der Waals surface area contributed by atoms with E-state index in [9.17, 15) is 12.8 Å². The number of hydrogen-bond acceptors (Lipinski definition) is 7. The van der Waals surface area contributed by atoms with Gasteiger partial charge < -0.3 is 14.4 Å². The average molecular weight is 478 g/mol. The summed E-state index contributed by atoms with van der Waals surface area (Å²) in [5, 5.41) is 2.80. The standard InChI is InChI=1S/C22H24FN3O4S2/c1-15-4-6-17(23)13-21(15)32(27,28)26-10-8-25(9-11-26)22-24-18(14-31-22)16-5-7-19(29-2)20(12-16)30-3/h4-7,12-14H,8-11H2,1-3H3. The van der Waals surface area contributed by atoms with Gasteiger partial charge in [0.1, 0.15) is 5.82 Å². The third-order valence-electron chi connectivity index (χ3n) is 5.45. The molecule has 0 spiro atoms. The van der Waals surface area contributed by atoms with Crippen LogP contribution in [-0.4, -0.2) is 58.1 Å². The highest BCUT2D eigenvalue weighted by Crippen LogP contribution is 2.34. The number of nitrogens with zero attached hydrogens (tertiary/aromatic N) is 3. The molecule has 7 nitrogen and oxygen atoms in total. The van der Waals surface area contributed by atoms with E-state index in [-0.39, 0.29) is 4.90 Å². The molecule has 170 valence electrons. The van der Waals surface area contributed by atoms with Crippen molar-refractivity contribution in [3.05, 3.63) is 53.2 Å². The molecule has 0 bridgehead atoms. The molecule has 4 rings (SSSR count). The van der Waals surface area contributed by atoms with E-state index < -0.39 is 15.8 Å². The molecule has 0 amide bonds. The summed E-state index contributed by atoms with van der Waals surface area (Å²) in [7, 11) is -0.568. The minimum absolute atomic E-state index is 0.0240. The summed E-state index contributed by atoms with van der Waals surface area (Å²) in [6.45, 7) is 3.31. The van der Waals surface area contributed by atoms with Gasteiger partial charge in [0.25, 0.3) is 0 Å². The zero-order chi connectivity index (χ0) is 22.9. The third-order valence-corrected chi connectivity index (χ3v) is 8.39. The molecule has 32 heavy (non-hydrogen) atoms. The molecular weight excluding hydrogens is 453 g/mol. The normalized spacial score (nSPS) is 15.1. The molecule has 1 saturated heterocycles. The smallest absolute Gasteiger partial charge is 0.243 e. The van der Waals surface area contributed by atoms with Gasteiger partial charge in [0.05, 0.1) is 24.8 Å². The van der Waals surface area contributed by atoms with Crippen molar-refractivity contribution in [2.45, 2.75) is 11.8 Å². The topological polar surface area (TPSA) is 72.0 Å². The monoisotopic (exact) mass is 477 g/mol. The lowest BCUT2D eigenvalue weighted by Crippen LogP contribution is -2.48. The second-order valence-electron chi connectivity index (χ2n) is 7.39. The van der Waals surface area contributed by atoms with Crippen LogP contribution in [0.25, 0.3) is 11.3 Å². The van der Waals surface area contributed by atoms with Crippen LogP contribution < -0.4 is 14.4 Å². The van der Waals surface area contributed by atoms with E-state index in [1.807, 2.05) is 23.6 Å². The van der Waals surface area contributed by atoms with Gasteiger partial charge >= 0.3 is 0 Å². The number of rotatable bonds is 6. The molecule has 0 N–H and O–H groups in total. The fraction of sp³-hybridized carbons (Fsp3) is 0.318. The zero-order valence-electron chi connectivity index (χ0n) is 18.0. The van der Waals surface area contributed by atoms with Crippen LogP contribution in [0.1, 0.15) is 5.56 Å². The first-order valence-corrected chi connectivity index (χ1v) is 12.3. The number of ether oxygens (including phenoxy) is 2. The molecule has 3 aromatic rings. The summed E-state index contributed by atoms with van der Waals surface area (Å²) in [4.78, 5) is 6.83. The van der Waals surface area contributed by atoms with Crippen molar-refractivity contribution in [2.24, 2.45) is 0 Å². The van der Waals surface area contributed by atoms with Gasteiger partial charge in [-0.25, -0.2) is 17.8 Å². The number of piperazine rings is 1. The van der Waals surface area contributed by atoms with Crippen LogP contribution in [0.5, 0.6) is 11.5 Å². The lowest BCUT2D eigenvalue weighted by Gasteiger charge is -2.34. The van der Waals surface area contributed by atoms with Crippen LogP contribution >= 0.6 is 11.3 Å². The molecular formula is C22H24FN3O4S2. The third kappa shape index (κ3) is 4.30. The van der Waals surface area contributed by atoms with E-state index >= 15 is 0 Å². The van der Waals surface area contributed by atoms with E-state index in [1.54, 1.807) is 21.1 Å². The first-order chi connectivity index (χ1) is 15.3. The highest BCUT2D eigenvalue weighted by molar-refractivity contribution is 7.89. The summed E-state index contributed by atoms with van der Waals surface area (Å²) in [6.07, 6.45) is 0. The molecule has 0 saturated carbocycles. The van der Waals surface area contributed by atoms with E-state index in [1.165, 1.54) is 27.8 Å². The van der Waals surface area contributed by atoms with Gasteiger partial charge in [0, 0.05) is 37.1 Å². The number of methoxy groups -OCH3 is 2. The summed E-state index contributed by atoms with van der Waals surface area (Å²) in [5.41, 5.74) is 2.26. The number of thiazole rings is 1. The Morgan fingerprint density at radius 2 is 1.72 bits per heavy atom. The molecule has 0 aliphatic carbocycles. The molecule has 0 radical (unpaired) electrons. The van der Waals surface area contributed by atoms with Crippen molar-refractivity contribution in [3.8, 4) is 22.8 Å². The number of hydrogen-bond donors (Lipinski definition) is 0. The molecule has 0 atom stereocenters. The number of aromatic nitrogens is 1. The number of benzene rings is 2. The second kappa shape index (κ2) is 9.05. The highest BCUT2D eigenvalue weighted by atomic mass is 32.2. The number of aryl methyl sites for hydroxylation is 1. The van der Waals surface area contributed by atoms with Crippen LogP contribution in [-0.2, 0) is 10.0 Å². The Bertz CT molecular complexity index is 1220. The Morgan fingerprint density at radius 3 is 2.41 bits per heavy atom. The lowest BCUT2D eigenvalue weighted by atomic mass is 10.1. The van der Waals surface area contributed by atoms with Gasteiger partial charge in [-0.05, 0) is 42.8 Å². The van der Waals surface area contributed by atoms with Gasteiger partial charge in [-0.3, -0.25) is 0 Å². The average Bonchev–Trinajstić information content (AvgIpc) is 3.30. The van der Waals surface area contributed by atoms with E-state index in [0.717, 1.165) is 22.5 Å². The maximum atomic E-state index is 13.6. The van der Waals surface area contributed by atoms with E-state index in [2.05, 4.69) is 4.90 Å². The maximum Gasteiger partial charge on any atom is 0.243 e. The summed E-state index contributed by atoms with van der Waals surface area (Å²) in [6, 6.07) is 9.49. The Hall–Kier alpha value is -2.69. The molecule has 2 heterocycles. The summed E-state index contributed by atoms with van der Waals surface area (Å²) in [5.74, 6) is 0.724. The summed E-state index contributed by atoms with van der Waals surface area (Å²) >= 11 is 1.51. The Kier molecular flexibility index (Phi) is 6.36. The highest BCUT2D eigenvalue weighted by Gasteiger charge is 2.30. The van der Waals surface area contributed by atoms with E-state index in [0.29, 0.717) is 43.2 Å². The number of sulfonamides is 1. The van der Waals surface area contributed by atoms with Gasteiger partial charge in [0.15, 0.2) is 16.6 Å². The van der Waals surface area contributed by atoms with Gasteiger partial charge in [-0.1, -0.05) is 6.07 Å². The van der Waals surface area contributed by atoms with Crippen molar-refractivity contribution < 1.29 is 22.3 Å². The SMILES string of the molecule is COc1ccc(-c2csc(N3CCN(S(=O)(=O)c4cc(F)ccc4C)CC3)n2)cc1OC. The van der Waals surface area contributed by atoms with Gasteiger partial charge in [-0.15, -0.1) is 11.3 Å². The molecule has 0 unspecified atom stereocenters. The van der Waals surface area contributed by atoms with Crippen molar-refractivity contribution >= 4 is 26.5 Å². The first kappa shape index (κ1) is 22.5. The lowest BCUT2D eigenvalue weighted by molar-refractivity contribution is 0.355. The van der Waals surface area contributed by atoms with Crippen LogP contribution in [0.15, 0.2) is 46.7 Å². The number of anilines is 1. The minimum atomic E-state index is -3.75. The fourth-order valence-corrected chi connectivity index (χ4v) is 6.20. The van der Waals surface area contributed by atoms with Crippen LogP contribution in [0.2, 0.25) is 0 Å². The van der Waals surface area contributed by atoms with E-state index in [4.69, 9.17) is 14.5 Å². The molecule has 10 heteroatoms. The minimum Gasteiger partial charge on any atom is -0.493 e. The van der Waals surface area contributed by atoms with Crippen LogP contribution in [0.4, 0.5) is 9.52 Å². The second-order valence-corrected chi connectivity index (χ2v) is 10.1. The predicted octanol–water partition coefficient (Wildman–Crippen LogP) is 3.79. The largest absolute Gasteiger partial charge is 0.493 e. The quantitative estimate of drug-likeness (QED) is 0.538. The molecule has 1 aliphatic rings. The maximum absolute atomic E-state index is 13.6. The van der Waals surface area contributed by atoms with Gasteiger partial charge in [-0.2, -0.15) is 4.31 Å². The van der Waals surface area contributed by atoms with Crippen LogP contribution in [0.3, 0.4) is 0 Å². The Morgan fingerprint density at radius 1 is 1.00 bits per heavy atom. The van der Waals surface area contributed by atoms with Crippen molar-refractivity contribution in [1.29, 1.82) is 0 Å². The van der Waals surface area contributed by atoms with Crippen LogP contribution in [0, 0.1) is 12.7 Å². The fourth-order valence-electron chi connectivity index (χ4n) is 3.65. The molecule has 1 aromatic heterocycles. The van der Waals surface area contributed by atoms with Crippen molar-refractivity contribution in [1.82, 2.24) is 9.29 Å². The molecule has 2 aromatic carbocycles. The molecule has 1 fully saturated rings. The zero-order valence-corrected chi connectivity index (χ0v) is 19.7. The number of halogens is 1. The van der Waals surface area contributed by atoms with Gasteiger partial charge in [0.2, 0.25) is 10.0 Å². The van der Waals surface area contributed by atoms with Crippen molar-refractivity contribution in [2.75, 3.05) is 45.3 Å². The van der Waals surface area contributed by atoms with Crippen molar-refractivity contribution in [3.63, 3.8) is 0 Å². The first-order valence-electron chi connectivity index (χ1n) is 10.0. The Balaban J connectivity index is 1.48.